The zero-order valence-electron chi connectivity index (χ0n) is 10.3. The molecule has 6 heteroatoms. The molecule has 0 aliphatic heterocycles. The first-order valence-electron chi connectivity index (χ1n) is 5.85. The summed E-state index contributed by atoms with van der Waals surface area (Å²) >= 11 is 0. The smallest absolute Gasteiger partial charge is 0.305 e. The molecule has 102 valence electrons. The lowest BCUT2D eigenvalue weighted by Gasteiger charge is -2.14. The molecule has 0 bridgehead atoms. The van der Waals surface area contributed by atoms with Crippen molar-refractivity contribution in [2.24, 2.45) is 0 Å². The molecule has 0 aliphatic rings. The van der Waals surface area contributed by atoms with Crippen molar-refractivity contribution < 1.29 is 13.2 Å². The minimum Gasteiger partial charge on any atom is -0.305 e. The number of nitrogens with zero attached hydrogens (tertiary/aromatic N) is 1. The Morgan fingerprint density at radius 3 is 2.42 bits per heavy atom. The summed E-state index contributed by atoms with van der Waals surface area (Å²) in [6.07, 6.45) is -2.63. The third-order valence-electron chi connectivity index (χ3n) is 2.90. The van der Waals surface area contributed by atoms with E-state index >= 15 is 0 Å². The Morgan fingerprint density at radius 2 is 1.89 bits per heavy atom. The van der Waals surface area contributed by atoms with E-state index < -0.39 is 11.7 Å². The highest BCUT2D eigenvalue weighted by Crippen LogP contribution is 2.29. The number of hydrogen-bond donors (Lipinski definition) is 2. The number of alkyl halides is 3. The van der Waals surface area contributed by atoms with Gasteiger partial charge in [-0.1, -0.05) is 12.1 Å². The molecule has 0 aliphatic carbocycles. The lowest BCUT2D eigenvalue weighted by Crippen LogP contribution is -2.18. The number of aromatic nitrogens is 2. The fraction of sp³-hybridized carbons (Fsp3) is 0.308. The maximum atomic E-state index is 12.4. The van der Waals surface area contributed by atoms with Crippen molar-refractivity contribution in [3.63, 3.8) is 0 Å². The summed E-state index contributed by atoms with van der Waals surface area (Å²) in [4.78, 5) is 0. The second-order valence-corrected chi connectivity index (χ2v) is 4.30. The first-order chi connectivity index (χ1) is 8.97. The average molecular weight is 269 g/mol. The number of rotatable bonds is 4. The monoisotopic (exact) mass is 269 g/mol. The predicted molar refractivity (Wildman–Crippen MR) is 65.3 cm³/mol. The van der Waals surface area contributed by atoms with E-state index in [9.17, 15) is 13.2 Å². The third-order valence-corrected chi connectivity index (χ3v) is 2.90. The van der Waals surface area contributed by atoms with Gasteiger partial charge in [-0.25, -0.2) is 0 Å². The normalized spacial score (nSPS) is 13.5. The standard InChI is InChI=1S/C13H14F3N3/c1-9(17-8-12-6-7-18-19-12)10-2-4-11(5-3-10)13(14,15)16/h2-7,9,17H,8H2,1H3,(H,18,19). The number of halogens is 3. The van der Waals surface area contributed by atoms with Crippen LogP contribution in [0.2, 0.25) is 0 Å². The number of hydrogen-bond acceptors (Lipinski definition) is 2. The van der Waals surface area contributed by atoms with E-state index in [0.717, 1.165) is 23.4 Å². The molecule has 0 amide bonds. The Morgan fingerprint density at radius 1 is 1.21 bits per heavy atom. The van der Waals surface area contributed by atoms with Crippen molar-refractivity contribution in [1.82, 2.24) is 15.5 Å². The van der Waals surface area contributed by atoms with Gasteiger partial charge in [0.25, 0.3) is 0 Å². The fourth-order valence-electron chi connectivity index (χ4n) is 1.72. The van der Waals surface area contributed by atoms with E-state index in [2.05, 4.69) is 15.5 Å². The van der Waals surface area contributed by atoms with Crippen LogP contribution in [-0.2, 0) is 12.7 Å². The minimum absolute atomic E-state index is 0.0365. The van der Waals surface area contributed by atoms with Crippen LogP contribution in [0.4, 0.5) is 13.2 Å². The van der Waals surface area contributed by atoms with E-state index in [1.807, 2.05) is 13.0 Å². The summed E-state index contributed by atoms with van der Waals surface area (Å²) in [5, 5.41) is 9.84. The van der Waals surface area contributed by atoms with Crippen LogP contribution in [0, 0.1) is 0 Å². The fourth-order valence-corrected chi connectivity index (χ4v) is 1.72. The van der Waals surface area contributed by atoms with E-state index in [4.69, 9.17) is 0 Å². The Kier molecular flexibility index (Phi) is 3.90. The number of H-pyrrole nitrogens is 1. The highest BCUT2D eigenvalue weighted by molar-refractivity contribution is 5.26. The van der Waals surface area contributed by atoms with Crippen LogP contribution in [-0.4, -0.2) is 10.2 Å². The molecule has 0 saturated heterocycles. The quantitative estimate of drug-likeness (QED) is 0.894. The Bertz CT molecular complexity index is 503. The Balaban J connectivity index is 1.97. The van der Waals surface area contributed by atoms with Gasteiger partial charge in [-0.05, 0) is 30.7 Å². The molecule has 0 saturated carbocycles. The molecule has 1 heterocycles. The van der Waals surface area contributed by atoms with Gasteiger partial charge in [0.2, 0.25) is 0 Å². The first-order valence-corrected chi connectivity index (χ1v) is 5.85. The third kappa shape index (κ3) is 3.57. The molecule has 3 nitrogen and oxygen atoms in total. The molecule has 0 fully saturated rings. The van der Waals surface area contributed by atoms with E-state index in [1.54, 1.807) is 6.20 Å². The van der Waals surface area contributed by atoms with Gasteiger partial charge in [0.05, 0.1) is 5.56 Å². The van der Waals surface area contributed by atoms with Crippen LogP contribution < -0.4 is 5.32 Å². The van der Waals surface area contributed by atoms with Crippen LogP contribution in [0.3, 0.4) is 0 Å². The predicted octanol–water partition coefficient (Wildman–Crippen LogP) is 3.28. The Labute approximate surface area is 108 Å². The number of nitrogens with one attached hydrogen (secondary N) is 2. The molecule has 0 radical (unpaired) electrons. The first kappa shape index (κ1) is 13.6. The van der Waals surface area contributed by atoms with Gasteiger partial charge in [0.15, 0.2) is 0 Å². The summed E-state index contributed by atoms with van der Waals surface area (Å²) in [6, 6.07) is 6.99. The van der Waals surface area contributed by atoms with Crippen LogP contribution >= 0.6 is 0 Å². The zero-order valence-corrected chi connectivity index (χ0v) is 10.3. The molecule has 0 spiro atoms. The largest absolute Gasteiger partial charge is 0.416 e. The molecule has 1 aromatic carbocycles. The zero-order chi connectivity index (χ0) is 13.9. The lowest BCUT2D eigenvalue weighted by molar-refractivity contribution is -0.137. The van der Waals surface area contributed by atoms with Crippen molar-refractivity contribution in [2.75, 3.05) is 0 Å². The minimum atomic E-state index is -4.29. The van der Waals surface area contributed by atoms with E-state index in [-0.39, 0.29) is 6.04 Å². The van der Waals surface area contributed by atoms with Crippen molar-refractivity contribution in [3.8, 4) is 0 Å². The molecular weight excluding hydrogens is 255 g/mol. The van der Waals surface area contributed by atoms with E-state index in [0.29, 0.717) is 6.54 Å². The lowest BCUT2D eigenvalue weighted by atomic mass is 10.1. The molecule has 19 heavy (non-hydrogen) atoms. The topological polar surface area (TPSA) is 40.7 Å². The van der Waals surface area contributed by atoms with Gasteiger partial charge in [0, 0.05) is 24.5 Å². The van der Waals surface area contributed by atoms with Gasteiger partial charge in [-0.2, -0.15) is 18.3 Å². The van der Waals surface area contributed by atoms with Crippen molar-refractivity contribution >= 4 is 0 Å². The van der Waals surface area contributed by atoms with Gasteiger partial charge in [0.1, 0.15) is 0 Å². The highest BCUT2D eigenvalue weighted by Gasteiger charge is 2.30. The maximum absolute atomic E-state index is 12.4. The van der Waals surface area contributed by atoms with Gasteiger partial charge in [-0.3, -0.25) is 5.10 Å². The molecule has 1 atom stereocenters. The van der Waals surface area contributed by atoms with Crippen molar-refractivity contribution in [3.05, 3.63) is 53.3 Å². The second kappa shape index (κ2) is 5.44. The Hall–Kier alpha value is -1.82. The van der Waals surface area contributed by atoms with Crippen molar-refractivity contribution in [2.45, 2.75) is 25.7 Å². The van der Waals surface area contributed by atoms with Gasteiger partial charge in [-0.15, -0.1) is 0 Å². The summed E-state index contributed by atoms with van der Waals surface area (Å²) in [6.45, 7) is 2.49. The molecule has 2 N–H and O–H groups in total. The molecule has 2 rings (SSSR count). The summed E-state index contributed by atoms with van der Waals surface area (Å²) in [5.41, 5.74) is 1.11. The summed E-state index contributed by atoms with van der Waals surface area (Å²) in [5.74, 6) is 0. The van der Waals surface area contributed by atoms with Crippen molar-refractivity contribution in [1.29, 1.82) is 0 Å². The van der Waals surface area contributed by atoms with Crippen LogP contribution in [0.5, 0.6) is 0 Å². The number of benzene rings is 1. The molecule has 1 unspecified atom stereocenters. The van der Waals surface area contributed by atoms with E-state index in [1.165, 1.54) is 12.1 Å². The SMILES string of the molecule is CC(NCc1ccn[nH]1)c1ccc(C(F)(F)F)cc1. The van der Waals surface area contributed by atoms with Crippen LogP contribution in [0.15, 0.2) is 36.5 Å². The average Bonchev–Trinajstić information content (AvgIpc) is 2.88. The molecular formula is C13H14F3N3. The second-order valence-electron chi connectivity index (χ2n) is 4.30. The molecule has 1 aromatic heterocycles. The van der Waals surface area contributed by atoms with Gasteiger partial charge < -0.3 is 5.32 Å². The van der Waals surface area contributed by atoms with Crippen LogP contribution in [0.25, 0.3) is 0 Å². The summed E-state index contributed by atoms with van der Waals surface area (Å²) in [7, 11) is 0. The summed E-state index contributed by atoms with van der Waals surface area (Å²) < 4.78 is 37.3. The maximum Gasteiger partial charge on any atom is 0.416 e. The number of aromatic amines is 1. The van der Waals surface area contributed by atoms with Crippen LogP contribution in [0.1, 0.15) is 29.8 Å². The molecule has 2 aromatic rings. The van der Waals surface area contributed by atoms with Gasteiger partial charge >= 0.3 is 6.18 Å². The highest BCUT2D eigenvalue weighted by atomic mass is 19.4.